The van der Waals surface area contributed by atoms with Crippen molar-refractivity contribution in [2.24, 2.45) is 0 Å². The zero-order chi connectivity index (χ0) is 19.2. The summed E-state index contributed by atoms with van der Waals surface area (Å²) in [6.07, 6.45) is 0. The minimum Gasteiger partial charge on any atom is -0.489 e. The first-order chi connectivity index (χ1) is 13.0. The molecule has 3 rings (SSSR count). The molecule has 0 saturated heterocycles. The molecule has 0 bridgehead atoms. The summed E-state index contributed by atoms with van der Waals surface area (Å²) in [5.74, 6) is 0.270. The number of hydrogen-bond donors (Lipinski definition) is 1. The molecule has 3 aromatic rings. The highest BCUT2D eigenvalue weighted by atomic mass is 32.1. The fraction of sp³-hybridized carbons (Fsp3) is 0.150. The van der Waals surface area contributed by atoms with Crippen LogP contribution in [0.4, 0.5) is 14.5 Å². The van der Waals surface area contributed by atoms with Gasteiger partial charge in [-0.1, -0.05) is 24.3 Å². The molecule has 0 aliphatic rings. The number of halogens is 2. The van der Waals surface area contributed by atoms with E-state index < -0.39 is 12.5 Å². The highest BCUT2D eigenvalue weighted by Crippen LogP contribution is 2.28. The molecule has 1 heterocycles. The number of ether oxygens (including phenoxy) is 2. The van der Waals surface area contributed by atoms with Crippen molar-refractivity contribution in [1.29, 1.82) is 0 Å². The fourth-order valence-electron chi connectivity index (χ4n) is 2.38. The molecule has 0 aliphatic heterocycles. The van der Waals surface area contributed by atoms with Crippen molar-refractivity contribution in [3.05, 3.63) is 76.0 Å². The van der Waals surface area contributed by atoms with Gasteiger partial charge in [-0.15, -0.1) is 11.3 Å². The molecule has 2 aromatic carbocycles. The number of para-hydroxylation sites is 1. The van der Waals surface area contributed by atoms with Crippen LogP contribution in [0, 0.1) is 6.92 Å². The van der Waals surface area contributed by atoms with E-state index >= 15 is 0 Å². The van der Waals surface area contributed by atoms with Crippen LogP contribution in [-0.2, 0) is 6.61 Å². The Kier molecular flexibility index (Phi) is 6.03. The molecule has 27 heavy (non-hydrogen) atoms. The van der Waals surface area contributed by atoms with Gasteiger partial charge in [0, 0.05) is 5.56 Å². The van der Waals surface area contributed by atoms with Crippen LogP contribution in [0.25, 0.3) is 0 Å². The van der Waals surface area contributed by atoms with Crippen LogP contribution in [0.15, 0.2) is 60.0 Å². The second kappa shape index (κ2) is 8.64. The van der Waals surface area contributed by atoms with E-state index in [9.17, 15) is 13.6 Å². The van der Waals surface area contributed by atoms with Gasteiger partial charge in [-0.05, 0) is 48.2 Å². The van der Waals surface area contributed by atoms with Gasteiger partial charge in [0.2, 0.25) is 0 Å². The lowest BCUT2D eigenvalue weighted by Crippen LogP contribution is -2.13. The number of rotatable bonds is 7. The number of carbonyl (C=O) groups excluding carboxylic acids is 1. The average Bonchev–Trinajstić information content (AvgIpc) is 3.12. The van der Waals surface area contributed by atoms with Crippen molar-refractivity contribution < 1.29 is 23.0 Å². The molecular formula is C20H17F2NO3S. The minimum absolute atomic E-state index is 0.0758. The van der Waals surface area contributed by atoms with Gasteiger partial charge in [-0.25, -0.2) is 0 Å². The molecule has 0 saturated carbocycles. The topological polar surface area (TPSA) is 47.6 Å². The normalized spacial score (nSPS) is 10.7. The van der Waals surface area contributed by atoms with E-state index in [1.807, 2.05) is 35.7 Å². The largest absolute Gasteiger partial charge is 0.489 e. The van der Waals surface area contributed by atoms with Gasteiger partial charge in [0.1, 0.15) is 18.1 Å². The third-order valence-electron chi connectivity index (χ3n) is 3.63. The summed E-state index contributed by atoms with van der Waals surface area (Å²) < 4.78 is 35.2. The first kappa shape index (κ1) is 18.8. The van der Waals surface area contributed by atoms with Crippen LogP contribution in [0.2, 0.25) is 0 Å². The van der Waals surface area contributed by atoms with Gasteiger partial charge < -0.3 is 14.8 Å². The maximum Gasteiger partial charge on any atom is 0.387 e. The number of anilines is 1. The lowest BCUT2D eigenvalue weighted by atomic mass is 10.2. The summed E-state index contributed by atoms with van der Waals surface area (Å²) in [6.45, 7) is -0.837. The molecule has 1 N–H and O–H groups in total. The number of alkyl halides is 2. The Morgan fingerprint density at radius 3 is 2.67 bits per heavy atom. The van der Waals surface area contributed by atoms with Crippen molar-refractivity contribution in [3.63, 3.8) is 0 Å². The molecule has 0 atom stereocenters. The van der Waals surface area contributed by atoms with Crippen molar-refractivity contribution in [2.75, 3.05) is 5.32 Å². The standard InChI is InChI=1S/C20H17F2NO3S/c1-13-7-8-17(26-20(21)22)16(9-13)23-19(24)18-10-14(12-27-18)11-25-15-5-3-2-4-6-15/h2-10,12,20H,11H2,1H3,(H,23,24). The lowest BCUT2D eigenvalue weighted by Gasteiger charge is -2.12. The molecule has 7 heteroatoms. The molecule has 1 aromatic heterocycles. The average molecular weight is 389 g/mol. The number of thiophene rings is 1. The van der Waals surface area contributed by atoms with Gasteiger partial charge in [-0.2, -0.15) is 8.78 Å². The molecule has 140 valence electrons. The zero-order valence-corrected chi connectivity index (χ0v) is 15.3. The van der Waals surface area contributed by atoms with Gasteiger partial charge in [0.05, 0.1) is 10.6 Å². The van der Waals surface area contributed by atoms with Crippen LogP contribution in [-0.4, -0.2) is 12.5 Å². The second-order valence-electron chi connectivity index (χ2n) is 5.75. The first-order valence-corrected chi connectivity index (χ1v) is 9.01. The highest BCUT2D eigenvalue weighted by Gasteiger charge is 2.15. The van der Waals surface area contributed by atoms with Crippen LogP contribution in [0.5, 0.6) is 11.5 Å². The minimum atomic E-state index is -2.97. The van der Waals surface area contributed by atoms with Crippen molar-refractivity contribution >= 4 is 22.9 Å². The third-order valence-corrected chi connectivity index (χ3v) is 4.60. The van der Waals surface area contributed by atoms with Crippen molar-refractivity contribution in [2.45, 2.75) is 20.1 Å². The maximum absolute atomic E-state index is 12.5. The number of amides is 1. The van der Waals surface area contributed by atoms with Gasteiger partial charge >= 0.3 is 6.61 Å². The van der Waals surface area contributed by atoms with Gasteiger partial charge in [-0.3, -0.25) is 4.79 Å². The summed E-state index contributed by atoms with van der Waals surface area (Å²) in [5.41, 5.74) is 1.87. The third kappa shape index (κ3) is 5.27. The Morgan fingerprint density at radius 1 is 1.15 bits per heavy atom. The predicted octanol–water partition coefficient (Wildman–Crippen LogP) is 5.49. The molecule has 4 nitrogen and oxygen atoms in total. The quantitative estimate of drug-likeness (QED) is 0.581. The van der Waals surface area contributed by atoms with E-state index in [1.54, 1.807) is 25.1 Å². The SMILES string of the molecule is Cc1ccc(OC(F)F)c(NC(=O)c2cc(COc3ccccc3)cs2)c1. The molecule has 0 spiro atoms. The molecular weight excluding hydrogens is 372 g/mol. The van der Waals surface area contributed by atoms with Crippen LogP contribution in [0.3, 0.4) is 0 Å². The zero-order valence-electron chi connectivity index (χ0n) is 14.4. The Bertz CT molecular complexity index is 913. The van der Waals surface area contributed by atoms with E-state index in [0.29, 0.717) is 11.5 Å². The number of aryl methyl sites for hydroxylation is 1. The van der Waals surface area contributed by atoms with Crippen molar-refractivity contribution in [1.82, 2.24) is 0 Å². The molecule has 0 aliphatic carbocycles. The Hall–Kier alpha value is -2.93. The van der Waals surface area contributed by atoms with Gasteiger partial charge in [0.15, 0.2) is 0 Å². The Labute approximate surface area is 159 Å². The van der Waals surface area contributed by atoms with E-state index in [1.165, 1.54) is 17.4 Å². The van der Waals surface area contributed by atoms with E-state index in [2.05, 4.69) is 10.1 Å². The number of hydrogen-bond acceptors (Lipinski definition) is 4. The van der Waals surface area contributed by atoms with E-state index in [0.717, 1.165) is 16.9 Å². The Morgan fingerprint density at radius 2 is 1.93 bits per heavy atom. The maximum atomic E-state index is 12.5. The number of carbonyl (C=O) groups is 1. The smallest absolute Gasteiger partial charge is 0.387 e. The summed E-state index contributed by atoms with van der Waals surface area (Å²) in [7, 11) is 0. The fourth-order valence-corrected chi connectivity index (χ4v) is 3.17. The highest BCUT2D eigenvalue weighted by molar-refractivity contribution is 7.12. The predicted molar refractivity (Wildman–Crippen MR) is 101 cm³/mol. The monoisotopic (exact) mass is 389 g/mol. The Balaban J connectivity index is 1.67. The molecule has 0 unspecified atom stereocenters. The van der Waals surface area contributed by atoms with Crippen LogP contribution >= 0.6 is 11.3 Å². The molecule has 0 fully saturated rings. The molecule has 1 amide bonds. The summed E-state index contributed by atoms with van der Waals surface area (Å²) in [6, 6.07) is 15.7. The summed E-state index contributed by atoms with van der Waals surface area (Å²) >= 11 is 1.25. The number of benzene rings is 2. The van der Waals surface area contributed by atoms with Crippen LogP contribution in [0.1, 0.15) is 20.8 Å². The van der Waals surface area contributed by atoms with E-state index in [4.69, 9.17) is 4.74 Å². The lowest BCUT2D eigenvalue weighted by molar-refractivity contribution is -0.0493. The number of nitrogens with one attached hydrogen (secondary N) is 1. The van der Waals surface area contributed by atoms with Crippen LogP contribution < -0.4 is 14.8 Å². The second-order valence-corrected chi connectivity index (χ2v) is 6.66. The van der Waals surface area contributed by atoms with Gasteiger partial charge in [0.25, 0.3) is 5.91 Å². The van der Waals surface area contributed by atoms with Crippen molar-refractivity contribution in [3.8, 4) is 11.5 Å². The summed E-state index contributed by atoms with van der Waals surface area (Å²) in [5, 5.41) is 4.46. The molecule has 0 radical (unpaired) electrons. The van der Waals surface area contributed by atoms with E-state index in [-0.39, 0.29) is 11.4 Å². The summed E-state index contributed by atoms with van der Waals surface area (Å²) in [4.78, 5) is 12.9. The first-order valence-electron chi connectivity index (χ1n) is 8.13.